The Morgan fingerprint density at radius 2 is 1.71 bits per heavy atom. The molecule has 2 aromatic carbocycles. The molecule has 0 radical (unpaired) electrons. The molecular weight excluding hydrogens is 584 g/mol. The number of rotatable bonds is 14. The fraction of sp³-hybridized carbons (Fsp3) is 0.541. The first-order valence-corrected chi connectivity index (χ1v) is 17.9. The molecule has 0 bridgehead atoms. The second kappa shape index (κ2) is 22.5. The van der Waals surface area contributed by atoms with Gasteiger partial charge in [0.15, 0.2) is 0 Å². The highest BCUT2D eigenvalue weighted by molar-refractivity contribution is 7.37. The summed E-state index contributed by atoms with van der Waals surface area (Å²) in [5, 5.41) is 1.27. The zero-order chi connectivity index (χ0) is 33.8. The largest absolute Gasteiger partial charge is 0.493 e. The molecule has 45 heavy (non-hydrogen) atoms. The summed E-state index contributed by atoms with van der Waals surface area (Å²) in [6.45, 7) is 18.6. The van der Waals surface area contributed by atoms with E-state index in [2.05, 4.69) is 64.7 Å². The van der Waals surface area contributed by atoms with E-state index in [9.17, 15) is 14.0 Å². The van der Waals surface area contributed by atoms with Crippen LogP contribution in [0, 0.1) is 18.7 Å². The molecule has 3 aromatic rings. The SMILES string of the molecule is CC(C)CN(C)C(=O)N(C=O)c1cccc(F)c1.CCCCOc1cc2nccc(C(C)CC)c2cc1C.CCCPCCC. The van der Waals surface area contributed by atoms with E-state index in [1.165, 1.54) is 73.4 Å². The van der Waals surface area contributed by atoms with E-state index < -0.39 is 11.8 Å². The zero-order valence-corrected chi connectivity index (χ0v) is 30.2. The molecular formula is C37H57FN3O3P. The van der Waals surface area contributed by atoms with Crippen LogP contribution in [0.25, 0.3) is 10.9 Å². The molecule has 250 valence electrons. The number of aryl methyl sites for hydroxylation is 1. The number of pyridine rings is 1. The van der Waals surface area contributed by atoms with Crippen LogP contribution in [0.3, 0.4) is 0 Å². The number of hydrogen-bond acceptors (Lipinski definition) is 4. The summed E-state index contributed by atoms with van der Waals surface area (Å²) in [4.78, 5) is 29.9. The summed E-state index contributed by atoms with van der Waals surface area (Å²) < 4.78 is 18.9. The van der Waals surface area contributed by atoms with Gasteiger partial charge in [0, 0.05) is 31.2 Å². The number of halogens is 1. The van der Waals surface area contributed by atoms with Crippen molar-refractivity contribution in [1.29, 1.82) is 0 Å². The standard InChI is InChI=1S/C18H25NO.C13H17FN2O2.C6H15P/c1-5-7-10-20-18-12-17-16(11-14(18)4)15(8-9-19-17)13(3)6-2;1-10(2)8-15(3)13(18)16(9-17)12-6-4-5-11(14)7-12;1-3-5-7-6-4-2/h8-9,11-13H,5-7,10H2,1-4H3;4-7,9-10H,8H2,1-3H3;7H,3-6H2,1-2H3. The van der Waals surface area contributed by atoms with Crippen molar-refractivity contribution in [2.24, 2.45) is 5.92 Å². The second-order valence-corrected chi connectivity index (χ2v) is 13.3. The lowest BCUT2D eigenvalue weighted by Crippen LogP contribution is -2.42. The Kier molecular flexibility index (Phi) is 19.9. The topological polar surface area (TPSA) is 62.7 Å². The smallest absolute Gasteiger partial charge is 0.330 e. The maximum Gasteiger partial charge on any atom is 0.330 e. The number of nitrogens with zero attached hydrogens (tertiary/aromatic N) is 3. The highest BCUT2D eigenvalue weighted by atomic mass is 31.1. The lowest BCUT2D eigenvalue weighted by molar-refractivity contribution is -0.107. The maximum absolute atomic E-state index is 13.1. The molecule has 0 aliphatic heterocycles. The van der Waals surface area contributed by atoms with Crippen molar-refractivity contribution in [3.8, 4) is 5.75 Å². The number of amides is 3. The molecule has 0 fully saturated rings. The predicted molar refractivity (Wildman–Crippen MR) is 192 cm³/mol. The van der Waals surface area contributed by atoms with E-state index in [1.807, 2.05) is 20.0 Å². The summed E-state index contributed by atoms with van der Waals surface area (Å²) >= 11 is 0. The van der Waals surface area contributed by atoms with Crippen molar-refractivity contribution < 1.29 is 18.7 Å². The van der Waals surface area contributed by atoms with Crippen molar-refractivity contribution in [1.82, 2.24) is 9.88 Å². The minimum atomic E-state index is -0.487. The van der Waals surface area contributed by atoms with Gasteiger partial charge in [0.05, 0.1) is 17.8 Å². The minimum absolute atomic E-state index is 0.227. The highest BCUT2D eigenvalue weighted by Crippen LogP contribution is 2.31. The van der Waals surface area contributed by atoms with Crippen molar-refractivity contribution in [3.05, 3.63) is 65.6 Å². The Bertz CT molecular complexity index is 1280. The van der Waals surface area contributed by atoms with Gasteiger partial charge in [-0.25, -0.2) is 14.1 Å². The average Bonchev–Trinajstić information content (AvgIpc) is 3.01. The number of unbranched alkanes of at least 4 members (excludes halogenated alkanes) is 1. The Labute approximate surface area is 273 Å². The molecule has 0 N–H and O–H groups in total. The Balaban J connectivity index is 0.000000375. The number of imide groups is 1. The number of benzene rings is 2. The first-order valence-electron chi connectivity index (χ1n) is 16.5. The predicted octanol–water partition coefficient (Wildman–Crippen LogP) is 10.2. The number of fused-ring (bicyclic) bond motifs is 1. The fourth-order valence-corrected chi connectivity index (χ4v) is 5.52. The number of carbonyl (C=O) groups is 2. The summed E-state index contributed by atoms with van der Waals surface area (Å²) in [5.41, 5.74) is 3.86. The van der Waals surface area contributed by atoms with Crippen LogP contribution < -0.4 is 9.64 Å². The summed E-state index contributed by atoms with van der Waals surface area (Å²) in [7, 11) is 2.84. The number of carbonyl (C=O) groups excluding carboxylic acids is 2. The fourth-order valence-electron chi connectivity index (χ4n) is 4.57. The molecule has 0 saturated carbocycles. The van der Waals surface area contributed by atoms with Gasteiger partial charge in [0.25, 0.3) is 0 Å². The van der Waals surface area contributed by atoms with E-state index in [-0.39, 0.29) is 5.69 Å². The van der Waals surface area contributed by atoms with Crippen molar-refractivity contribution in [2.75, 3.05) is 37.4 Å². The molecule has 1 heterocycles. The zero-order valence-electron chi connectivity index (χ0n) is 29.2. The highest BCUT2D eigenvalue weighted by Gasteiger charge is 2.20. The maximum atomic E-state index is 13.1. The van der Waals surface area contributed by atoms with Gasteiger partial charge in [0.2, 0.25) is 6.41 Å². The van der Waals surface area contributed by atoms with Crippen LogP contribution in [0.15, 0.2) is 48.7 Å². The summed E-state index contributed by atoms with van der Waals surface area (Å²) in [6.07, 6.45) is 11.4. The number of hydrogen-bond donors (Lipinski definition) is 0. The van der Waals surface area contributed by atoms with Crippen LogP contribution in [-0.2, 0) is 4.79 Å². The molecule has 6 nitrogen and oxygen atoms in total. The Hall–Kier alpha value is -3.05. The number of aromatic nitrogens is 1. The third-order valence-electron chi connectivity index (χ3n) is 7.19. The summed E-state index contributed by atoms with van der Waals surface area (Å²) in [5.74, 6) is 1.34. The van der Waals surface area contributed by atoms with Gasteiger partial charge in [-0.15, -0.1) is 8.58 Å². The molecule has 0 aliphatic rings. The van der Waals surface area contributed by atoms with Crippen LogP contribution in [0.5, 0.6) is 5.75 Å². The van der Waals surface area contributed by atoms with E-state index in [1.54, 1.807) is 7.05 Å². The molecule has 1 atom stereocenters. The molecule has 0 aliphatic carbocycles. The molecule has 1 aromatic heterocycles. The lowest BCUT2D eigenvalue weighted by atomic mass is 9.94. The first-order chi connectivity index (χ1) is 21.5. The second-order valence-electron chi connectivity index (χ2n) is 11.8. The number of urea groups is 1. The van der Waals surface area contributed by atoms with Crippen molar-refractivity contribution >= 4 is 37.6 Å². The minimum Gasteiger partial charge on any atom is -0.493 e. The Morgan fingerprint density at radius 3 is 2.27 bits per heavy atom. The third kappa shape index (κ3) is 14.3. The van der Waals surface area contributed by atoms with Crippen LogP contribution in [0.2, 0.25) is 0 Å². The molecule has 3 rings (SSSR count). The van der Waals surface area contributed by atoms with E-state index in [4.69, 9.17) is 4.74 Å². The van der Waals surface area contributed by atoms with Crippen LogP contribution >= 0.6 is 8.58 Å². The van der Waals surface area contributed by atoms with Crippen molar-refractivity contribution in [2.45, 2.75) is 93.4 Å². The van der Waals surface area contributed by atoms with Crippen LogP contribution in [0.4, 0.5) is 14.9 Å². The monoisotopic (exact) mass is 641 g/mol. The lowest BCUT2D eigenvalue weighted by Gasteiger charge is -2.25. The molecule has 8 heteroatoms. The quantitative estimate of drug-likeness (QED) is 0.0998. The van der Waals surface area contributed by atoms with E-state index in [0.29, 0.717) is 24.8 Å². The molecule has 3 amide bonds. The van der Waals surface area contributed by atoms with Crippen LogP contribution in [0.1, 0.15) is 97.6 Å². The Morgan fingerprint density at radius 1 is 1.02 bits per heavy atom. The van der Waals surface area contributed by atoms with Gasteiger partial charge in [-0.1, -0.05) is 73.8 Å². The van der Waals surface area contributed by atoms with E-state index in [0.717, 1.165) is 48.1 Å². The van der Waals surface area contributed by atoms with Crippen molar-refractivity contribution in [3.63, 3.8) is 0 Å². The third-order valence-corrected chi connectivity index (χ3v) is 8.89. The average molecular weight is 642 g/mol. The molecule has 1 unspecified atom stereocenters. The van der Waals surface area contributed by atoms with Gasteiger partial charge in [-0.05, 0) is 85.4 Å². The molecule has 0 spiro atoms. The number of ether oxygens (including phenoxy) is 1. The molecule has 0 saturated heterocycles. The van der Waals surface area contributed by atoms with Gasteiger partial charge in [-0.3, -0.25) is 9.78 Å². The van der Waals surface area contributed by atoms with Gasteiger partial charge >= 0.3 is 6.03 Å². The van der Waals surface area contributed by atoms with Gasteiger partial charge in [0.1, 0.15) is 11.6 Å². The van der Waals surface area contributed by atoms with Gasteiger partial charge < -0.3 is 9.64 Å². The van der Waals surface area contributed by atoms with E-state index >= 15 is 0 Å². The van der Waals surface area contributed by atoms with Gasteiger partial charge in [-0.2, -0.15) is 0 Å². The van der Waals surface area contributed by atoms with Crippen LogP contribution in [-0.4, -0.2) is 54.8 Å². The summed E-state index contributed by atoms with van der Waals surface area (Å²) in [6, 6.07) is 11.4. The number of anilines is 1. The normalized spacial score (nSPS) is 11.2. The first kappa shape index (κ1) is 40.0.